The summed E-state index contributed by atoms with van der Waals surface area (Å²) in [5, 5.41) is 0. The Balaban J connectivity index is 1.99. The second-order valence-electron chi connectivity index (χ2n) is 4.89. The number of hydrogen-bond donors (Lipinski definition) is 0. The lowest BCUT2D eigenvalue weighted by Gasteiger charge is -2.29. The van der Waals surface area contributed by atoms with Gasteiger partial charge in [-0.1, -0.05) is 30.3 Å². The fourth-order valence-corrected chi connectivity index (χ4v) is 3.37. The van der Waals surface area contributed by atoms with Gasteiger partial charge in [0.15, 0.2) is 0 Å². The number of halogens is 3. The molecule has 114 valence electrons. The number of hydrogen-bond acceptors (Lipinski definition) is 2. The van der Waals surface area contributed by atoms with Crippen molar-refractivity contribution in [2.75, 3.05) is 10.7 Å². The van der Waals surface area contributed by atoms with E-state index in [2.05, 4.69) is 0 Å². The lowest BCUT2D eigenvalue weighted by Crippen LogP contribution is -2.35. The number of para-hydroxylation sites is 1. The fourth-order valence-electron chi connectivity index (χ4n) is 2.43. The average molecular weight is 323 g/mol. The highest BCUT2D eigenvalue weighted by Crippen LogP contribution is 2.38. The number of fused-ring (bicyclic) bond motifs is 1. The predicted octanol–water partition coefficient (Wildman–Crippen LogP) is 4.34. The molecule has 6 heteroatoms. The first-order chi connectivity index (χ1) is 10.5. The molecule has 0 saturated heterocycles. The van der Waals surface area contributed by atoms with Crippen LogP contribution in [0.4, 0.5) is 18.9 Å². The van der Waals surface area contributed by atoms with Gasteiger partial charge in [0.25, 0.3) is 0 Å². The third-order valence-electron chi connectivity index (χ3n) is 3.46. The van der Waals surface area contributed by atoms with Gasteiger partial charge in [-0.2, -0.15) is 13.2 Å². The van der Waals surface area contributed by atoms with E-state index in [0.29, 0.717) is 5.69 Å². The zero-order chi connectivity index (χ0) is 15.7. The summed E-state index contributed by atoms with van der Waals surface area (Å²) in [6.07, 6.45) is -4.43. The second-order valence-corrected chi connectivity index (χ2v) is 5.91. The number of alkyl halides is 3. The summed E-state index contributed by atoms with van der Waals surface area (Å²) in [6.45, 7) is -0.0773. The molecule has 0 N–H and O–H groups in total. The molecule has 0 atom stereocenters. The third-order valence-corrected chi connectivity index (χ3v) is 4.51. The van der Waals surface area contributed by atoms with Gasteiger partial charge in [-0.15, -0.1) is 11.8 Å². The molecule has 22 heavy (non-hydrogen) atoms. The molecule has 0 radical (unpaired) electrons. The van der Waals surface area contributed by atoms with Crippen molar-refractivity contribution in [1.29, 1.82) is 0 Å². The number of anilines is 1. The van der Waals surface area contributed by atoms with Crippen molar-refractivity contribution in [3.05, 3.63) is 59.7 Å². The molecule has 0 aromatic heterocycles. The lowest BCUT2D eigenvalue weighted by atomic mass is 10.1. The van der Waals surface area contributed by atoms with Crippen LogP contribution in [-0.2, 0) is 17.5 Å². The van der Waals surface area contributed by atoms with Crippen LogP contribution in [0.5, 0.6) is 0 Å². The van der Waals surface area contributed by atoms with E-state index in [1.807, 2.05) is 12.1 Å². The number of rotatable bonds is 2. The molecule has 0 bridgehead atoms. The number of amides is 1. The first kappa shape index (κ1) is 15.0. The molecule has 0 saturated carbocycles. The van der Waals surface area contributed by atoms with Gasteiger partial charge in [0, 0.05) is 4.90 Å². The van der Waals surface area contributed by atoms with Gasteiger partial charge in [-0.3, -0.25) is 4.79 Å². The Morgan fingerprint density at radius 1 is 1.05 bits per heavy atom. The summed E-state index contributed by atoms with van der Waals surface area (Å²) in [6, 6.07) is 12.6. The molecular formula is C16H12F3NOS. The number of nitrogens with zero attached hydrogens (tertiary/aromatic N) is 1. The Hall–Kier alpha value is -1.95. The van der Waals surface area contributed by atoms with Crippen LogP contribution in [0.2, 0.25) is 0 Å². The molecule has 0 aliphatic carbocycles. The lowest BCUT2D eigenvalue weighted by molar-refractivity contribution is -0.138. The molecule has 0 spiro atoms. The van der Waals surface area contributed by atoms with Crippen molar-refractivity contribution < 1.29 is 18.0 Å². The molecular weight excluding hydrogens is 311 g/mol. The van der Waals surface area contributed by atoms with Gasteiger partial charge in [-0.25, -0.2) is 0 Å². The van der Waals surface area contributed by atoms with E-state index in [-0.39, 0.29) is 23.8 Å². The second kappa shape index (κ2) is 5.68. The minimum absolute atomic E-state index is 0.0773. The van der Waals surface area contributed by atoms with Gasteiger partial charge < -0.3 is 4.90 Å². The van der Waals surface area contributed by atoms with Crippen molar-refractivity contribution >= 4 is 23.4 Å². The molecule has 1 amide bonds. The smallest absolute Gasteiger partial charge is 0.306 e. The fraction of sp³-hybridized carbons (Fsp3) is 0.188. The van der Waals surface area contributed by atoms with Gasteiger partial charge in [0.05, 0.1) is 23.5 Å². The van der Waals surface area contributed by atoms with Crippen LogP contribution >= 0.6 is 11.8 Å². The molecule has 3 rings (SSSR count). The Bertz CT molecular complexity index is 715. The molecule has 1 aliphatic heterocycles. The Morgan fingerprint density at radius 2 is 1.73 bits per heavy atom. The molecule has 1 heterocycles. The van der Waals surface area contributed by atoms with Gasteiger partial charge >= 0.3 is 6.18 Å². The van der Waals surface area contributed by atoms with Crippen molar-refractivity contribution in [3.63, 3.8) is 0 Å². The van der Waals surface area contributed by atoms with Crippen molar-refractivity contribution in [2.24, 2.45) is 0 Å². The average Bonchev–Trinajstić information content (AvgIpc) is 2.50. The van der Waals surface area contributed by atoms with Crippen molar-refractivity contribution in [2.45, 2.75) is 17.6 Å². The molecule has 0 unspecified atom stereocenters. The van der Waals surface area contributed by atoms with E-state index < -0.39 is 11.7 Å². The molecule has 2 aromatic carbocycles. The molecule has 1 aliphatic rings. The van der Waals surface area contributed by atoms with E-state index in [1.54, 1.807) is 18.2 Å². The maximum atomic E-state index is 13.1. The number of carbonyl (C=O) groups excluding carboxylic acids is 1. The Labute approximate surface area is 129 Å². The third kappa shape index (κ3) is 2.83. The van der Waals surface area contributed by atoms with Crippen LogP contribution in [-0.4, -0.2) is 11.7 Å². The molecule has 0 fully saturated rings. The first-order valence-electron chi connectivity index (χ1n) is 6.64. The van der Waals surface area contributed by atoms with Crippen molar-refractivity contribution in [3.8, 4) is 0 Å². The highest BCUT2D eigenvalue weighted by molar-refractivity contribution is 8.00. The summed E-state index contributed by atoms with van der Waals surface area (Å²) in [4.78, 5) is 14.5. The maximum Gasteiger partial charge on any atom is 0.416 e. The van der Waals surface area contributed by atoms with Crippen LogP contribution < -0.4 is 4.90 Å². The largest absolute Gasteiger partial charge is 0.416 e. The minimum atomic E-state index is -4.43. The van der Waals surface area contributed by atoms with Crippen LogP contribution in [0.3, 0.4) is 0 Å². The van der Waals surface area contributed by atoms with E-state index in [0.717, 1.165) is 11.0 Å². The summed E-state index contributed by atoms with van der Waals surface area (Å²) in [5.41, 5.74) is 0.0734. The maximum absolute atomic E-state index is 13.1. The summed E-state index contributed by atoms with van der Waals surface area (Å²) < 4.78 is 39.3. The van der Waals surface area contributed by atoms with Gasteiger partial charge in [0.1, 0.15) is 0 Å². The highest BCUT2D eigenvalue weighted by Gasteiger charge is 2.34. The number of thioether (sulfide) groups is 1. The summed E-state index contributed by atoms with van der Waals surface area (Å²) in [5.74, 6) is 0.0613. The van der Waals surface area contributed by atoms with E-state index in [9.17, 15) is 18.0 Å². The summed E-state index contributed by atoms with van der Waals surface area (Å²) >= 11 is 1.41. The van der Waals surface area contributed by atoms with E-state index in [1.165, 1.54) is 28.8 Å². The van der Waals surface area contributed by atoms with E-state index in [4.69, 9.17) is 0 Å². The summed E-state index contributed by atoms with van der Waals surface area (Å²) in [7, 11) is 0. The number of benzene rings is 2. The van der Waals surface area contributed by atoms with Crippen molar-refractivity contribution in [1.82, 2.24) is 0 Å². The Morgan fingerprint density at radius 3 is 2.50 bits per heavy atom. The van der Waals surface area contributed by atoms with Crippen LogP contribution in [0.1, 0.15) is 11.1 Å². The topological polar surface area (TPSA) is 20.3 Å². The normalized spacial score (nSPS) is 14.9. The SMILES string of the molecule is O=C1CSc2ccccc2N1Cc1ccccc1C(F)(F)F. The molecule has 2 nitrogen and oxygen atoms in total. The zero-order valence-corrected chi connectivity index (χ0v) is 12.2. The standard InChI is InChI=1S/C16H12F3NOS/c17-16(18,19)12-6-2-1-5-11(12)9-20-13-7-3-4-8-14(13)22-10-15(20)21/h1-8H,9-10H2. The number of carbonyl (C=O) groups is 1. The quantitative estimate of drug-likeness (QED) is 0.819. The van der Waals surface area contributed by atoms with Crippen LogP contribution in [0, 0.1) is 0 Å². The Kier molecular flexibility index (Phi) is 3.87. The predicted molar refractivity (Wildman–Crippen MR) is 79.8 cm³/mol. The highest BCUT2D eigenvalue weighted by atomic mass is 32.2. The van der Waals surface area contributed by atoms with E-state index >= 15 is 0 Å². The van der Waals surface area contributed by atoms with Gasteiger partial charge in [0.2, 0.25) is 5.91 Å². The minimum Gasteiger partial charge on any atom is -0.306 e. The van der Waals surface area contributed by atoms with Crippen LogP contribution in [0.25, 0.3) is 0 Å². The first-order valence-corrected chi connectivity index (χ1v) is 7.62. The van der Waals surface area contributed by atoms with Crippen LogP contribution in [0.15, 0.2) is 53.4 Å². The monoisotopic (exact) mass is 323 g/mol. The van der Waals surface area contributed by atoms with Gasteiger partial charge in [-0.05, 0) is 23.8 Å². The molecule has 2 aromatic rings. The zero-order valence-electron chi connectivity index (χ0n) is 11.4.